The smallest absolute Gasteiger partial charge is 0.192 e. The Morgan fingerprint density at radius 2 is 1.80 bits per heavy atom. The van der Waals surface area contributed by atoms with Crippen molar-refractivity contribution in [1.29, 1.82) is 0 Å². The van der Waals surface area contributed by atoms with E-state index >= 15 is 0 Å². The van der Waals surface area contributed by atoms with Crippen molar-refractivity contribution < 1.29 is 12.8 Å². The van der Waals surface area contributed by atoms with Crippen LogP contribution in [0, 0.1) is 17.3 Å². The monoisotopic (exact) mass is 456 g/mol. The maximum absolute atomic E-state index is 12.5. The summed E-state index contributed by atoms with van der Waals surface area (Å²) in [7, 11) is -4.62. The largest absolute Gasteiger partial charge is 0.414 e. The first-order chi connectivity index (χ1) is 13.9. The molecule has 0 amide bonds. The first-order valence-corrected chi connectivity index (χ1v) is 16.6. The zero-order chi connectivity index (χ0) is 22.8. The standard InChI is InChI=1S/C25H48O3SSi/c1-9-30(10-2,11-3)28-23-15-12-18-25(8)21(16-17-22(23)25)20(4)14-13-19-29(26,27)24(5,6)7/h16,20,22-23H,9-15,17-19H2,1-8H3/t20-,22+,23+,25-/m1/s1. The van der Waals surface area contributed by atoms with Crippen LogP contribution >= 0.6 is 0 Å². The second kappa shape index (κ2) is 9.78. The molecule has 2 aliphatic carbocycles. The molecule has 1 fully saturated rings. The van der Waals surface area contributed by atoms with Crippen LogP contribution in [-0.4, -0.2) is 33.3 Å². The fraction of sp³-hybridized carbons (Fsp3) is 0.920. The highest BCUT2D eigenvalue weighted by Gasteiger charge is 2.50. The minimum absolute atomic E-state index is 0.237. The van der Waals surface area contributed by atoms with Gasteiger partial charge in [0.05, 0.1) is 10.5 Å². The molecule has 5 heteroatoms. The Kier molecular flexibility index (Phi) is 8.52. The van der Waals surface area contributed by atoms with Gasteiger partial charge in [-0.1, -0.05) is 52.7 Å². The van der Waals surface area contributed by atoms with E-state index in [1.165, 1.54) is 37.4 Å². The van der Waals surface area contributed by atoms with Gasteiger partial charge in [-0.25, -0.2) is 8.42 Å². The first kappa shape index (κ1) is 26.1. The predicted molar refractivity (Wildman–Crippen MR) is 132 cm³/mol. The second-order valence-corrected chi connectivity index (χ2v) is 18.8. The summed E-state index contributed by atoms with van der Waals surface area (Å²) in [5.41, 5.74) is 1.83. The third kappa shape index (κ3) is 5.26. The highest BCUT2D eigenvalue weighted by molar-refractivity contribution is 7.92. The average molecular weight is 457 g/mol. The van der Waals surface area contributed by atoms with Gasteiger partial charge in [0, 0.05) is 6.10 Å². The molecule has 0 aromatic heterocycles. The minimum Gasteiger partial charge on any atom is -0.414 e. The van der Waals surface area contributed by atoms with E-state index in [1.807, 2.05) is 20.8 Å². The summed E-state index contributed by atoms with van der Waals surface area (Å²) in [6.07, 6.45) is 9.51. The van der Waals surface area contributed by atoms with Crippen molar-refractivity contribution in [2.45, 2.75) is 123 Å². The van der Waals surface area contributed by atoms with Gasteiger partial charge < -0.3 is 4.43 Å². The van der Waals surface area contributed by atoms with Crippen molar-refractivity contribution in [2.24, 2.45) is 17.3 Å². The Morgan fingerprint density at radius 3 is 2.33 bits per heavy atom. The summed E-state index contributed by atoms with van der Waals surface area (Å²) in [5, 5.41) is 0. The number of allylic oxidation sites excluding steroid dienone is 2. The molecule has 30 heavy (non-hydrogen) atoms. The third-order valence-corrected chi connectivity index (χ3v) is 15.9. The Balaban J connectivity index is 2.05. The van der Waals surface area contributed by atoms with E-state index in [9.17, 15) is 8.42 Å². The van der Waals surface area contributed by atoms with E-state index in [0.717, 1.165) is 19.3 Å². The molecule has 0 heterocycles. The van der Waals surface area contributed by atoms with Gasteiger partial charge >= 0.3 is 0 Å². The number of rotatable bonds is 10. The Bertz CT molecular complexity index is 694. The highest BCUT2D eigenvalue weighted by Crippen LogP contribution is 2.56. The van der Waals surface area contributed by atoms with Crippen LogP contribution in [-0.2, 0) is 14.3 Å². The average Bonchev–Trinajstić information content (AvgIpc) is 3.03. The van der Waals surface area contributed by atoms with Crippen molar-refractivity contribution >= 4 is 18.2 Å². The van der Waals surface area contributed by atoms with Crippen LogP contribution in [0.1, 0.15) is 93.9 Å². The van der Waals surface area contributed by atoms with Gasteiger partial charge in [0.25, 0.3) is 0 Å². The summed E-state index contributed by atoms with van der Waals surface area (Å²) in [6, 6.07) is 3.66. The van der Waals surface area contributed by atoms with E-state index in [4.69, 9.17) is 4.43 Å². The molecule has 4 atom stereocenters. The predicted octanol–water partition coefficient (Wildman–Crippen LogP) is 7.14. The minimum atomic E-state index is -3.03. The quantitative estimate of drug-likeness (QED) is 0.259. The Labute approximate surface area is 188 Å². The van der Waals surface area contributed by atoms with Crippen molar-refractivity contribution in [3.8, 4) is 0 Å². The van der Waals surface area contributed by atoms with Gasteiger partial charge in [0.15, 0.2) is 18.2 Å². The molecule has 0 saturated heterocycles. The fourth-order valence-electron chi connectivity index (χ4n) is 5.99. The summed E-state index contributed by atoms with van der Waals surface area (Å²) >= 11 is 0. The fourth-order valence-corrected chi connectivity index (χ4v) is 10.1. The van der Waals surface area contributed by atoms with Gasteiger partial charge in [-0.15, -0.1) is 0 Å². The molecule has 0 spiro atoms. The van der Waals surface area contributed by atoms with Crippen LogP contribution in [0.15, 0.2) is 11.6 Å². The van der Waals surface area contributed by atoms with Crippen LogP contribution in [0.4, 0.5) is 0 Å². The maximum atomic E-state index is 12.5. The van der Waals surface area contributed by atoms with E-state index in [1.54, 1.807) is 5.57 Å². The van der Waals surface area contributed by atoms with Gasteiger partial charge in [-0.3, -0.25) is 0 Å². The Hall–Kier alpha value is -0.133. The molecule has 176 valence electrons. The molecule has 1 saturated carbocycles. The maximum Gasteiger partial charge on any atom is 0.192 e. The number of sulfone groups is 1. The summed E-state index contributed by atoms with van der Waals surface area (Å²) in [4.78, 5) is 0. The molecule has 0 aromatic carbocycles. The van der Waals surface area contributed by atoms with E-state index in [0.29, 0.717) is 23.7 Å². The number of hydrogen-bond donors (Lipinski definition) is 0. The van der Waals surface area contributed by atoms with Crippen molar-refractivity contribution in [3.05, 3.63) is 11.6 Å². The third-order valence-electron chi connectivity index (χ3n) is 8.55. The first-order valence-electron chi connectivity index (χ1n) is 12.5. The van der Waals surface area contributed by atoms with Gasteiger partial charge in [0.2, 0.25) is 0 Å². The SMILES string of the molecule is CC[Si](CC)(CC)O[C@H]1CCC[C@]2(C)C([C@H](C)CCCS(=O)(=O)C(C)(C)C)=CC[C@@H]12. The van der Waals surface area contributed by atoms with Gasteiger partial charge in [-0.05, 0) is 88.3 Å². The van der Waals surface area contributed by atoms with E-state index < -0.39 is 22.9 Å². The Morgan fingerprint density at radius 1 is 1.20 bits per heavy atom. The van der Waals surface area contributed by atoms with Crippen LogP contribution in [0.25, 0.3) is 0 Å². The van der Waals surface area contributed by atoms with Gasteiger partial charge in [0.1, 0.15) is 0 Å². The highest BCUT2D eigenvalue weighted by atomic mass is 32.2. The van der Waals surface area contributed by atoms with E-state index in [-0.39, 0.29) is 5.41 Å². The summed E-state index contributed by atoms with van der Waals surface area (Å²) < 4.78 is 31.3. The van der Waals surface area contributed by atoms with Gasteiger partial charge in [-0.2, -0.15) is 0 Å². The lowest BCUT2D eigenvalue weighted by atomic mass is 9.63. The topological polar surface area (TPSA) is 43.4 Å². The van der Waals surface area contributed by atoms with Crippen LogP contribution in [0.5, 0.6) is 0 Å². The summed E-state index contributed by atoms with van der Waals surface area (Å²) in [6.45, 7) is 17.2. The van der Waals surface area contributed by atoms with Crippen LogP contribution in [0.2, 0.25) is 18.1 Å². The molecule has 0 bridgehead atoms. The van der Waals surface area contributed by atoms with Crippen molar-refractivity contribution in [3.63, 3.8) is 0 Å². The van der Waals surface area contributed by atoms with Crippen molar-refractivity contribution in [1.82, 2.24) is 0 Å². The molecule has 2 aliphatic rings. The lowest BCUT2D eigenvalue weighted by Gasteiger charge is -2.48. The molecular weight excluding hydrogens is 408 g/mol. The van der Waals surface area contributed by atoms with E-state index in [2.05, 4.69) is 40.7 Å². The normalized spacial score (nSPS) is 28.9. The van der Waals surface area contributed by atoms with Crippen LogP contribution in [0.3, 0.4) is 0 Å². The lowest BCUT2D eigenvalue weighted by molar-refractivity contribution is 0.0174. The molecule has 0 aromatic rings. The lowest BCUT2D eigenvalue weighted by Crippen LogP contribution is -2.48. The molecule has 0 unspecified atom stereocenters. The van der Waals surface area contributed by atoms with Crippen LogP contribution < -0.4 is 0 Å². The molecule has 3 nitrogen and oxygen atoms in total. The zero-order valence-corrected chi connectivity index (χ0v) is 22.8. The second-order valence-electron chi connectivity index (χ2n) is 11.2. The molecule has 0 radical (unpaired) electrons. The van der Waals surface area contributed by atoms with Crippen molar-refractivity contribution in [2.75, 3.05) is 5.75 Å². The molecular formula is C25H48O3SSi. The zero-order valence-electron chi connectivity index (χ0n) is 21.0. The molecule has 0 N–H and O–H groups in total. The number of fused-ring (bicyclic) bond motifs is 1. The molecule has 2 rings (SSSR count). The summed E-state index contributed by atoms with van der Waals surface area (Å²) in [5.74, 6) is 1.37. The molecule has 0 aliphatic heterocycles. The number of hydrogen-bond acceptors (Lipinski definition) is 3.